The second-order valence-electron chi connectivity index (χ2n) is 6.55. The number of para-hydroxylation sites is 1. The van der Waals surface area contributed by atoms with Gasteiger partial charge in [-0.05, 0) is 41.3 Å². The zero-order valence-electron chi connectivity index (χ0n) is 14.7. The van der Waals surface area contributed by atoms with Crippen LogP contribution in [0.15, 0.2) is 85.1 Å². The number of aromatic nitrogens is 1. The third-order valence-corrected chi connectivity index (χ3v) is 4.98. The Labute approximate surface area is 167 Å². The number of non-ortho nitro benzene ring substituents is 1. The number of nitro benzene ring substituents is 1. The largest absolute Gasteiger partial charge is 1.00 e. The monoisotopic (exact) mass is 386 g/mol. The summed E-state index contributed by atoms with van der Waals surface area (Å²) in [6.45, 7) is 0. The molecule has 0 saturated carbocycles. The molecule has 5 heteroatoms. The van der Waals surface area contributed by atoms with Crippen molar-refractivity contribution in [3.05, 3.63) is 112 Å². The number of hydrogen-bond donors (Lipinski definition) is 0. The molecule has 0 atom stereocenters. The molecule has 0 bridgehead atoms. The predicted molar refractivity (Wildman–Crippen MR) is 106 cm³/mol. The molecule has 3 aromatic carbocycles. The van der Waals surface area contributed by atoms with Crippen molar-refractivity contribution >= 4 is 28.1 Å². The first-order valence-corrected chi connectivity index (χ1v) is 8.72. The minimum absolute atomic E-state index is 0. The van der Waals surface area contributed by atoms with Crippen LogP contribution in [0, 0.1) is 10.1 Å². The van der Waals surface area contributed by atoms with Crippen molar-refractivity contribution in [1.29, 1.82) is 0 Å². The lowest BCUT2D eigenvalue weighted by atomic mass is 9.98. The van der Waals surface area contributed by atoms with Crippen molar-refractivity contribution in [2.45, 2.75) is 0 Å². The molecular weight excluding hydrogens is 372 g/mol. The van der Waals surface area contributed by atoms with Crippen molar-refractivity contribution in [3.63, 3.8) is 0 Å². The molecule has 1 aliphatic heterocycles. The molecule has 0 amide bonds. The maximum Gasteiger partial charge on any atom is 0.269 e. The van der Waals surface area contributed by atoms with Gasteiger partial charge in [0.2, 0.25) is 11.4 Å². The predicted octanol–water partition coefficient (Wildman–Crippen LogP) is 1.93. The number of rotatable bonds is 2. The Hall–Kier alpha value is -3.50. The summed E-state index contributed by atoms with van der Waals surface area (Å²) in [6.07, 6.45) is 4.21. The van der Waals surface area contributed by atoms with E-state index in [-0.39, 0.29) is 23.0 Å². The van der Waals surface area contributed by atoms with Gasteiger partial charge in [0.05, 0.1) is 21.4 Å². The fourth-order valence-electron chi connectivity index (χ4n) is 3.74. The molecule has 0 spiro atoms. The summed E-state index contributed by atoms with van der Waals surface area (Å²) in [6, 6.07) is 25.5. The van der Waals surface area contributed by atoms with Gasteiger partial charge in [0.25, 0.3) is 5.69 Å². The van der Waals surface area contributed by atoms with Crippen molar-refractivity contribution in [1.82, 2.24) is 0 Å². The molecule has 0 fully saturated rings. The third kappa shape index (κ3) is 2.75. The van der Waals surface area contributed by atoms with E-state index in [4.69, 9.17) is 0 Å². The summed E-state index contributed by atoms with van der Waals surface area (Å²) < 4.78 is 2.22. The Kier molecular flexibility index (Phi) is 4.41. The molecular formula is C23H15ClN2O2. The van der Waals surface area contributed by atoms with Gasteiger partial charge in [0.15, 0.2) is 6.20 Å². The highest BCUT2D eigenvalue weighted by molar-refractivity contribution is 6.02. The van der Waals surface area contributed by atoms with Gasteiger partial charge in [0, 0.05) is 24.3 Å². The number of fused-ring (bicyclic) bond motifs is 5. The van der Waals surface area contributed by atoms with E-state index in [1.54, 1.807) is 24.3 Å². The van der Waals surface area contributed by atoms with E-state index in [1.165, 1.54) is 10.8 Å². The lowest BCUT2D eigenvalue weighted by molar-refractivity contribution is -0.592. The van der Waals surface area contributed by atoms with E-state index in [0.717, 1.165) is 28.1 Å². The number of benzene rings is 3. The lowest BCUT2D eigenvalue weighted by Crippen LogP contribution is -3.00. The number of halogens is 1. The SMILES string of the molecule is O=[N+]([O-])c1ccc(/C=C2/c3ccccc3-[n+]3ccc4ccccc4c32)cc1.[Cl-]. The minimum atomic E-state index is -0.375. The Balaban J connectivity index is 0.00000192. The highest BCUT2D eigenvalue weighted by Crippen LogP contribution is 2.36. The summed E-state index contributed by atoms with van der Waals surface area (Å²) in [4.78, 5) is 10.5. The van der Waals surface area contributed by atoms with Crippen LogP contribution in [0.2, 0.25) is 0 Å². The molecule has 5 rings (SSSR count). The molecule has 4 nitrogen and oxygen atoms in total. The third-order valence-electron chi connectivity index (χ3n) is 4.98. The first-order valence-electron chi connectivity index (χ1n) is 8.72. The van der Waals surface area contributed by atoms with Crippen LogP contribution in [0.5, 0.6) is 0 Å². The van der Waals surface area contributed by atoms with Crippen LogP contribution in [-0.2, 0) is 0 Å². The normalized spacial score (nSPS) is 13.1. The highest BCUT2D eigenvalue weighted by atomic mass is 35.5. The number of pyridine rings is 1. The molecule has 0 radical (unpaired) electrons. The standard InChI is InChI=1S/C23H15N2O2.ClH/c26-25(27)18-11-9-16(10-12-18)15-21-20-7-3-4-8-22(20)24-14-13-17-5-1-2-6-19(17)23(21)24;/h1-15H;1H/q+1;/p-1/b21-15-;. The molecule has 0 saturated heterocycles. The molecule has 0 N–H and O–H groups in total. The molecule has 1 aromatic heterocycles. The molecule has 1 aliphatic rings. The first kappa shape index (κ1) is 17.9. The van der Waals surface area contributed by atoms with Gasteiger partial charge < -0.3 is 12.4 Å². The van der Waals surface area contributed by atoms with Gasteiger partial charge in [-0.3, -0.25) is 10.1 Å². The number of hydrogen-bond acceptors (Lipinski definition) is 2. The minimum Gasteiger partial charge on any atom is -1.00 e. The lowest BCUT2D eigenvalue weighted by Gasteiger charge is -2.02. The molecule has 28 heavy (non-hydrogen) atoms. The molecule has 136 valence electrons. The van der Waals surface area contributed by atoms with Gasteiger partial charge in [-0.1, -0.05) is 30.3 Å². The van der Waals surface area contributed by atoms with Crippen LogP contribution in [-0.4, -0.2) is 4.92 Å². The average Bonchev–Trinajstić information content (AvgIpc) is 3.03. The van der Waals surface area contributed by atoms with Crippen LogP contribution in [0.3, 0.4) is 0 Å². The Morgan fingerprint density at radius 3 is 2.36 bits per heavy atom. The Morgan fingerprint density at radius 2 is 1.57 bits per heavy atom. The van der Waals surface area contributed by atoms with E-state index in [1.807, 2.05) is 18.2 Å². The first-order chi connectivity index (χ1) is 13.2. The van der Waals surface area contributed by atoms with Gasteiger partial charge in [0.1, 0.15) is 0 Å². The number of nitro groups is 1. The molecule has 0 aliphatic carbocycles. The van der Waals surface area contributed by atoms with Crippen LogP contribution in [0.4, 0.5) is 5.69 Å². The second-order valence-corrected chi connectivity index (χ2v) is 6.55. The summed E-state index contributed by atoms with van der Waals surface area (Å²) in [7, 11) is 0. The van der Waals surface area contributed by atoms with Gasteiger partial charge in [-0.25, -0.2) is 0 Å². The second kappa shape index (κ2) is 6.91. The maximum atomic E-state index is 10.9. The highest BCUT2D eigenvalue weighted by Gasteiger charge is 2.33. The van der Waals surface area contributed by atoms with E-state index in [9.17, 15) is 10.1 Å². The van der Waals surface area contributed by atoms with Gasteiger partial charge >= 0.3 is 0 Å². The van der Waals surface area contributed by atoms with Crippen molar-refractivity contribution in [3.8, 4) is 5.69 Å². The van der Waals surface area contributed by atoms with Crippen molar-refractivity contribution < 1.29 is 21.9 Å². The zero-order chi connectivity index (χ0) is 18.4. The summed E-state index contributed by atoms with van der Waals surface area (Å²) in [5.74, 6) is 0. The van der Waals surface area contributed by atoms with Crippen molar-refractivity contribution in [2.24, 2.45) is 0 Å². The summed E-state index contributed by atoms with van der Waals surface area (Å²) >= 11 is 0. The maximum absolute atomic E-state index is 10.9. The number of nitrogens with zero attached hydrogens (tertiary/aromatic N) is 2. The Morgan fingerprint density at radius 1 is 0.857 bits per heavy atom. The van der Waals surface area contributed by atoms with Gasteiger partial charge in [-0.15, -0.1) is 0 Å². The zero-order valence-corrected chi connectivity index (χ0v) is 15.5. The summed E-state index contributed by atoms with van der Waals surface area (Å²) in [5.41, 5.74) is 5.61. The smallest absolute Gasteiger partial charge is 0.269 e. The molecule has 0 unspecified atom stereocenters. The van der Waals surface area contributed by atoms with E-state index in [2.05, 4.69) is 53.2 Å². The van der Waals surface area contributed by atoms with Crippen LogP contribution < -0.4 is 17.0 Å². The van der Waals surface area contributed by atoms with E-state index in [0.29, 0.717) is 0 Å². The Bertz CT molecular complexity index is 1250. The van der Waals surface area contributed by atoms with E-state index >= 15 is 0 Å². The molecule has 4 aromatic rings. The van der Waals surface area contributed by atoms with Crippen molar-refractivity contribution in [2.75, 3.05) is 0 Å². The average molecular weight is 387 g/mol. The van der Waals surface area contributed by atoms with Gasteiger partial charge in [-0.2, -0.15) is 4.57 Å². The fourth-order valence-corrected chi connectivity index (χ4v) is 3.74. The summed E-state index contributed by atoms with van der Waals surface area (Å²) in [5, 5.41) is 13.3. The topological polar surface area (TPSA) is 47.0 Å². The quantitative estimate of drug-likeness (QED) is 0.264. The molecule has 2 heterocycles. The fraction of sp³-hybridized carbons (Fsp3) is 0. The van der Waals surface area contributed by atoms with Crippen LogP contribution >= 0.6 is 0 Å². The van der Waals surface area contributed by atoms with Crippen LogP contribution in [0.25, 0.3) is 28.1 Å². The van der Waals surface area contributed by atoms with Crippen LogP contribution in [0.1, 0.15) is 16.8 Å². The van der Waals surface area contributed by atoms with E-state index < -0.39 is 0 Å².